The summed E-state index contributed by atoms with van der Waals surface area (Å²) in [6.45, 7) is 5.14. The fourth-order valence-electron chi connectivity index (χ4n) is 1.95. The molecule has 2 rings (SSSR count). The van der Waals surface area contributed by atoms with Gasteiger partial charge in [-0.1, -0.05) is 5.21 Å². The maximum absolute atomic E-state index is 12.0. The first-order valence-corrected chi connectivity index (χ1v) is 6.28. The van der Waals surface area contributed by atoms with Crippen molar-refractivity contribution in [3.63, 3.8) is 0 Å². The Kier molecular flexibility index (Phi) is 4.11. The van der Waals surface area contributed by atoms with Crippen LogP contribution in [-0.2, 0) is 11.3 Å². The Labute approximate surface area is 111 Å². The number of methoxy groups -OCH3 is 1. The first kappa shape index (κ1) is 13.5. The molecule has 1 aromatic heterocycles. The Morgan fingerprint density at radius 1 is 1.53 bits per heavy atom. The van der Waals surface area contributed by atoms with E-state index in [2.05, 4.69) is 15.6 Å². The molecule has 2 aromatic rings. The van der Waals surface area contributed by atoms with E-state index in [-0.39, 0.29) is 11.9 Å². The van der Waals surface area contributed by atoms with E-state index < -0.39 is 0 Å². The molecule has 1 N–H and O–H groups in total. The number of ether oxygens (including phenoxy) is 1. The predicted octanol–water partition coefficient (Wildman–Crippen LogP) is 1.22. The molecular weight excluding hydrogens is 244 g/mol. The topological polar surface area (TPSA) is 69.0 Å². The van der Waals surface area contributed by atoms with E-state index in [1.807, 2.05) is 19.9 Å². The average molecular weight is 262 g/mol. The van der Waals surface area contributed by atoms with Crippen molar-refractivity contribution >= 4 is 16.9 Å². The van der Waals surface area contributed by atoms with E-state index in [9.17, 15) is 4.79 Å². The number of carbonyl (C=O) groups excluding carboxylic acids is 1. The largest absolute Gasteiger partial charge is 0.383 e. The van der Waals surface area contributed by atoms with Gasteiger partial charge in [0.15, 0.2) is 0 Å². The van der Waals surface area contributed by atoms with Crippen LogP contribution in [0, 0.1) is 0 Å². The van der Waals surface area contributed by atoms with Gasteiger partial charge >= 0.3 is 0 Å². The Hall–Kier alpha value is -1.95. The smallest absolute Gasteiger partial charge is 0.251 e. The van der Waals surface area contributed by atoms with Crippen molar-refractivity contribution in [3.05, 3.63) is 23.8 Å². The summed E-state index contributed by atoms with van der Waals surface area (Å²) in [6.07, 6.45) is 0. The molecule has 1 heterocycles. The normalized spacial score (nSPS) is 12.6. The Morgan fingerprint density at radius 3 is 3.00 bits per heavy atom. The third-order valence-corrected chi connectivity index (χ3v) is 2.87. The van der Waals surface area contributed by atoms with Gasteiger partial charge in [-0.25, -0.2) is 4.68 Å². The summed E-state index contributed by atoms with van der Waals surface area (Å²) in [5, 5.41) is 10.9. The number of hydrogen-bond donors (Lipinski definition) is 1. The number of hydrogen-bond acceptors (Lipinski definition) is 4. The molecule has 0 saturated heterocycles. The zero-order chi connectivity index (χ0) is 13.8. The van der Waals surface area contributed by atoms with Crippen LogP contribution in [0.25, 0.3) is 11.0 Å². The molecule has 6 nitrogen and oxygen atoms in total. The van der Waals surface area contributed by atoms with E-state index >= 15 is 0 Å². The lowest BCUT2D eigenvalue weighted by atomic mass is 10.1. The van der Waals surface area contributed by atoms with E-state index in [1.54, 1.807) is 23.9 Å². The van der Waals surface area contributed by atoms with Crippen molar-refractivity contribution in [1.82, 2.24) is 20.3 Å². The predicted molar refractivity (Wildman–Crippen MR) is 72.0 cm³/mol. The molecular formula is C13H18N4O2. The second-order valence-corrected chi connectivity index (χ2v) is 4.44. The van der Waals surface area contributed by atoms with Gasteiger partial charge in [-0.15, -0.1) is 5.10 Å². The fraction of sp³-hybridized carbons (Fsp3) is 0.462. The van der Waals surface area contributed by atoms with Gasteiger partial charge in [0.05, 0.1) is 12.1 Å². The molecule has 1 atom stereocenters. The lowest BCUT2D eigenvalue weighted by molar-refractivity contribution is 0.0905. The van der Waals surface area contributed by atoms with Crippen molar-refractivity contribution in [2.24, 2.45) is 0 Å². The first-order valence-electron chi connectivity index (χ1n) is 6.28. The second kappa shape index (κ2) is 5.79. The molecule has 0 bridgehead atoms. The summed E-state index contributed by atoms with van der Waals surface area (Å²) in [4.78, 5) is 12.0. The molecule has 0 aliphatic rings. The van der Waals surface area contributed by atoms with Gasteiger partial charge < -0.3 is 10.1 Å². The van der Waals surface area contributed by atoms with Crippen LogP contribution in [0.2, 0.25) is 0 Å². The highest BCUT2D eigenvalue weighted by Crippen LogP contribution is 2.13. The Morgan fingerprint density at radius 2 is 2.32 bits per heavy atom. The number of rotatable bonds is 5. The molecule has 1 aromatic carbocycles. The minimum atomic E-state index is -0.127. The van der Waals surface area contributed by atoms with E-state index in [4.69, 9.17) is 4.74 Å². The standard InChI is InChI=1S/C13H18N4O2/c1-4-17-12-6-5-10(7-11(12)15-16-17)13(18)14-9(2)8-19-3/h5-7,9H,4,8H2,1-3H3,(H,14,18). The van der Waals surface area contributed by atoms with Crippen molar-refractivity contribution < 1.29 is 9.53 Å². The zero-order valence-electron chi connectivity index (χ0n) is 11.4. The highest BCUT2D eigenvalue weighted by molar-refractivity contribution is 5.97. The SMILES string of the molecule is CCn1nnc2cc(C(=O)NC(C)COC)ccc21. The van der Waals surface area contributed by atoms with Crippen molar-refractivity contribution in [1.29, 1.82) is 0 Å². The van der Waals surface area contributed by atoms with Crippen molar-refractivity contribution in [3.8, 4) is 0 Å². The lowest BCUT2D eigenvalue weighted by Crippen LogP contribution is -2.35. The molecule has 0 fully saturated rings. The van der Waals surface area contributed by atoms with E-state index in [0.29, 0.717) is 12.2 Å². The zero-order valence-corrected chi connectivity index (χ0v) is 11.4. The van der Waals surface area contributed by atoms with E-state index in [1.165, 1.54) is 0 Å². The number of aryl methyl sites for hydroxylation is 1. The molecule has 6 heteroatoms. The second-order valence-electron chi connectivity index (χ2n) is 4.44. The molecule has 0 saturated carbocycles. The molecule has 0 aliphatic heterocycles. The van der Waals surface area contributed by atoms with Gasteiger partial charge in [0, 0.05) is 25.3 Å². The van der Waals surface area contributed by atoms with Crippen LogP contribution in [-0.4, -0.2) is 40.7 Å². The summed E-state index contributed by atoms with van der Waals surface area (Å²) < 4.78 is 6.78. The third kappa shape index (κ3) is 2.90. The number of nitrogens with zero attached hydrogens (tertiary/aromatic N) is 3. The van der Waals surface area contributed by atoms with Gasteiger partial charge in [0.25, 0.3) is 5.91 Å². The quantitative estimate of drug-likeness (QED) is 0.879. The molecule has 0 aliphatic carbocycles. The first-order chi connectivity index (χ1) is 9.15. The monoisotopic (exact) mass is 262 g/mol. The molecule has 1 amide bonds. The summed E-state index contributed by atoms with van der Waals surface area (Å²) >= 11 is 0. The third-order valence-electron chi connectivity index (χ3n) is 2.87. The summed E-state index contributed by atoms with van der Waals surface area (Å²) in [5.41, 5.74) is 2.25. The molecule has 19 heavy (non-hydrogen) atoms. The molecule has 0 radical (unpaired) electrons. The number of benzene rings is 1. The maximum atomic E-state index is 12.0. The van der Waals surface area contributed by atoms with Crippen LogP contribution in [0.3, 0.4) is 0 Å². The molecule has 102 valence electrons. The van der Waals surface area contributed by atoms with E-state index in [0.717, 1.165) is 17.6 Å². The number of aromatic nitrogens is 3. The van der Waals surface area contributed by atoms with Gasteiger partial charge in [0.1, 0.15) is 5.52 Å². The maximum Gasteiger partial charge on any atom is 0.251 e. The number of carbonyl (C=O) groups is 1. The molecule has 1 unspecified atom stereocenters. The van der Waals surface area contributed by atoms with Gasteiger partial charge in [-0.05, 0) is 32.0 Å². The van der Waals surface area contributed by atoms with Gasteiger partial charge in [0.2, 0.25) is 0 Å². The number of nitrogens with one attached hydrogen (secondary N) is 1. The average Bonchev–Trinajstić information content (AvgIpc) is 2.80. The lowest BCUT2D eigenvalue weighted by Gasteiger charge is -2.12. The van der Waals surface area contributed by atoms with Crippen LogP contribution < -0.4 is 5.32 Å². The number of amides is 1. The number of fused-ring (bicyclic) bond motifs is 1. The van der Waals surface area contributed by atoms with Crippen molar-refractivity contribution in [2.75, 3.05) is 13.7 Å². The summed E-state index contributed by atoms with van der Waals surface area (Å²) in [6, 6.07) is 5.38. The van der Waals surface area contributed by atoms with Crippen LogP contribution in [0.4, 0.5) is 0 Å². The minimum absolute atomic E-state index is 0.0282. The fourth-order valence-corrected chi connectivity index (χ4v) is 1.95. The molecule has 0 spiro atoms. The Bertz CT molecular complexity index is 579. The summed E-state index contributed by atoms with van der Waals surface area (Å²) in [5.74, 6) is -0.127. The highest BCUT2D eigenvalue weighted by Gasteiger charge is 2.12. The van der Waals surface area contributed by atoms with Crippen molar-refractivity contribution in [2.45, 2.75) is 26.4 Å². The highest BCUT2D eigenvalue weighted by atomic mass is 16.5. The minimum Gasteiger partial charge on any atom is -0.383 e. The van der Waals surface area contributed by atoms with Crippen LogP contribution in [0.5, 0.6) is 0 Å². The van der Waals surface area contributed by atoms with Crippen LogP contribution >= 0.6 is 0 Å². The van der Waals surface area contributed by atoms with Crippen LogP contribution in [0.15, 0.2) is 18.2 Å². The summed E-state index contributed by atoms with van der Waals surface area (Å²) in [7, 11) is 1.61. The van der Waals surface area contributed by atoms with Crippen LogP contribution in [0.1, 0.15) is 24.2 Å². The van der Waals surface area contributed by atoms with Gasteiger partial charge in [-0.3, -0.25) is 4.79 Å². The van der Waals surface area contributed by atoms with Gasteiger partial charge in [-0.2, -0.15) is 0 Å². The Balaban J connectivity index is 2.19.